The quantitative estimate of drug-likeness (QED) is 0.475. The van der Waals surface area contributed by atoms with Crippen molar-refractivity contribution >= 4 is 34.2 Å². The van der Waals surface area contributed by atoms with Crippen molar-refractivity contribution in [2.45, 2.75) is 0 Å². The minimum atomic E-state index is -0.543. The maximum Gasteiger partial charge on any atom is 0.283 e. The predicted octanol–water partition coefficient (Wildman–Crippen LogP) is 1.90. The molecule has 0 aromatic heterocycles. The number of rotatable bonds is 2. The van der Waals surface area contributed by atoms with Gasteiger partial charge in [0.05, 0.1) is 4.92 Å². The van der Waals surface area contributed by atoms with Gasteiger partial charge in [-0.1, -0.05) is 0 Å². The summed E-state index contributed by atoms with van der Waals surface area (Å²) in [6.07, 6.45) is 0. The van der Waals surface area contributed by atoms with E-state index in [1.165, 1.54) is 17.0 Å². The number of amides is 1. The third kappa shape index (κ3) is 2.65. The van der Waals surface area contributed by atoms with Gasteiger partial charge in [0, 0.05) is 23.7 Å². The number of nitrogens with zero attached hydrogens (tertiary/aromatic N) is 2. The summed E-state index contributed by atoms with van der Waals surface area (Å²) in [5.74, 6) is -0.363. The van der Waals surface area contributed by atoms with Crippen LogP contribution in [0.4, 0.5) is 5.69 Å². The molecule has 80 valence electrons. The molecular weight excluding hydrogens is 311 g/mol. The van der Waals surface area contributed by atoms with Crippen LogP contribution in [-0.4, -0.2) is 29.8 Å². The highest BCUT2D eigenvalue weighted by atomic mass is 127. The van der Waals surface area contributed by atoms with Crippen molar-refractivity contribution in [3.8, 4) is 0 Å². The van der Waals surface area contributed by atoms with Gasteiger partial charge in [0.15, 0.2) is 0 Å². The zero-order chi connectivity index (χ0) is 11.6. The molecule has 0 fully saturated rings. The Morgan fingerprint density at radius 1 is 1.47 bits per heavy atom. The smallest absolute Gasteiger partial charge is 0.283 e. The number of carbonyl (C=O) groups excluding carboxylic acids is 1. The molecule has 1 aromatic rings. The Morgan fingerprint density at radius 3 is 2.53 bits per heavy atom. The largest absolute Gasteiger partial charge is 0.345 e. The number of benzene rings is 1. The number of carbonyl (C=O) groups is 1. The molecule has 0 saturated heterocycles. The van der Waals surface area contributed by atoms with Gasteiger partial charge in [0.1, 0.15) is 5.56 Å². The molecule has 0 atom stereocenters. The zero-order valence-electron chi connectivity index (χ0n) is 8.23. The average molecular weight is 320 g/mol. The van der Waals surface area contributed by atoms with E-state index in [1.807, 2.05) is 22.6 Å². The summed E-state index contributed by atoms with van der Waals surface area (Å²) in [4.78, 5) is 23.1. The molecule has 0 radical (unpaired) electrons. The maximum atomic E-state index is 11.6. The van der Waals surface area contributed by atoms with E-state index >= 15 is 0 Å². The topological polar surface area (TPSA) is 63.5 Å². The fourth-order valence-electron chi connectivity index (χ4n) is 1.08. The van der Waals surface area contributed by atoms with Gasteiger partial charge in [-0.25, -0.2) is 0 Å². The van der Waals surface area contributed by atoms with Crippen LogP contribution in [0.25, 0.3) is 0 Å². The third-order valence-electron chi connectivity index (χ3n) is 1.79. The van der Waals surface area contributed by atoms with E-state index in [9.17, 15) is 14.9 Å². The highest BCUT2D eigenvalue weighted by Gasteiger charge is 2.21. The Balaban J connectivity index is 3.29. The first-order valence-electron chi connectivity index (χ1n) is 4.09. The van der Waals surface area contributed by atoms with E-state index < -0.39 is 4.92 Å². The van der Waals surface area contributed by atoms with Crippen LogP contribution in [0.15, 0.2) is 18.2 Å². The second kappa shape index (κ2) is 4.56. The molecule has 0 aliphatic heterocycles. The number of nitro groups is 1. The van der Waals surface area contributed by atoms with E-state index in [1.54, 1.807) is 20.2 Å². The van der Waals surface area contributed by atoms with Crippen LogP contribution in [0, 0.1) is 13.7 Å². The highest BCUT2D eigenvalue weighted by Crippen LogP contribution is 2.22. The van der Waals surface area contributed by atoms with Gasteiger partial charge in [-0.2, -0.15) is 0 Å². The van der Waals surface area contributed by atoms with Gasteiger partial charge in [-0.05, 0) is 34.7 Å². The van der Waals surface area contributed by atoms with Gasteiger partial charge < -0.3 is 4.90 Å². The van der Waals surface area contributed by atoms with Crippen molar-refractivity contribution < 1.29 is 9.72 Å². The van der Waals surface area contributed by atoms with Crippen molar-refractivity contribution in [2.75, 3.05) is 14.1 Å². The van der Waals surface area contributed by atoms with Crippen molar-refractivity contribution in [1.29, 1.82) is 0 Å². The standard InChI is InChI=1S/C9H9IN2O3/c1-11(2)9(13)7-4-3-6(10)5-8(7)12(14)15/h3-5H,1-2H3. The average Bonchev–Trinajstić information content (AvgIpc) is 2.16. The molecule has 5 nitrogen and oxygen atoms in total. The lowest BCUT2D eigenvalue weighted by atomic mass is 10.1. The van der Waals surface area contributed by atoms with E-state index in [2.05, 4.69) is 0 Å². The first-order chi connectivity index (χ1) is 6.93. The lowest BCUT2D eigenvalue weighted by Crippen LogP contribution is -2.22. The monoisotopic (exact) mass is 320 g/mol. The second-order valence-corrected chi connectivity index (χ2v) is 4.36. The first kappa shape index (κ1) is 11.9. The lowest BCUT2D eigenvalue weighted by Gasteiger charge is -2.10. The Kier molecular flexibility index (Phi) is 3.61. The summed E-state index contributed by atoms with van der Waals surface area (Å²) in [6.45, 7) is 0. The van der Waals surface area contributed by atoms with E-state index in [0.717, 1.165) is 3.57 Å². The molecule has 1 aromatic carbocycles. The molecular formula is C9H9IN2O3. The molecule has 0 N–H and O–H groups in total. The van der Waals surface area contributed by atoms with Crippen LogP contribution in [0.2, 0.25) is 0 Å². The molecule has 1 amide bonds. The Morgan fingerprint density at radius 2 is 2.07 bits per heavy atom. The molecule has 0 heterocycles. The molecule has 0 bridgehead atoms. The van der Waals surface area contributed by atoms with Gasteiger partial charge in [0.2, 0.25) is 0 Å². The zero-order valence-corrected chi connectivity index (χ0v) is 10.4. The predicted molar refractivity (Wildman–Crippen MR) is 63.8 cm³/mol. The molecule has 0 aliphatic carbocycles. The summed E-state index contributed by atoms with van der Waals surface area (Å²) in [5.41, 5.74) is -0.0361. The molecule has 1 rings (SSSR count). The number of hydrogen-bond acceptors (Lipinski definition) is 3. The van der Waals surface area contributed by atoms with E-state index in [4.69, 9.17) is 0 Å². The van der Waals surface area contributed by atoms with Crippen molar-refractivity contribution in [1.82, 2.24) is 4.90 Å². The fourth-order valence-corrected chi connectivity index (χ4v) is 1.55. The summed E-state index contributed by atoms with van der Waals surface area (Å²) in [6, 6.07) is 4.53. The van der Waals surface area contributed by atoms with E-state index in [-0.39, 0.29) is 17.2 Å². The maximum absolute atomic E-state index is 11.6. The summed E-state index contributed by atoms with van der Waals surface area (Å²) >= 11 is 1.97. The van der Waals surface area contributed by atoms with Crippen molar-refractivity contribution in [3.63, 3.8) is 0 Å². The summed E-state index contributed by atoms with van der Waals surface area (Å²) in [7, 11) is 3.12. The van der Waals surface area contributed by atoms with Crippen LogP contribution in [0.5, 0.6) is 0 Å². The molecule has 0 spiro atoms. The SMILES string of the molecule is CN(C)C(=O)c1ccc(I)cc1[N+](=O)[O-]. The molecule has 0 saturated carbocycles. The van der Waals surface area contributed by atoms with Crippen LogP contribution in [-0.2, 0) is 0 Å². The molecule has 0 unspecified atom stereocenters. The number of halogens is 1. The van der Waals surface area contributed by atoms with Crippen LogP contribution in [0.1, 0.15) is 10.4 Å². The Labute approximate surface area is 100 Å². The Hall–Kier alpha value is -1.18. The molecule has 0 aliphatic rings. The van der Waals surface area contributed by atoms with Gasteiger partial charge in [-0.3, -0.25) is 14.9 Å². The Bertz CT molecular complexity index is 418. The minimum Gasteiger partial charge on any atom is -0.345 e. The van der Waals surface area contributed by atoms with Gasteiger partial charge in [0.25, 0.3) is 11.6 Å². The highest BCUT2D eigenvalue weighted by molar-refractivity contribution is 14.1. The molecule has 15 heavy (non-hydrogen) atoms. The summed E-state index contributed by atoms with van der Waals surface area (Å²) in [5, 5.41) is 10.7. The lowest BCUT2D eigenvalue weighted by molar-refractivity contribution is -0.385. The van der Waals surface area contributed by atoms with Crippen molar-refractivity contribution in [3.05, 3.63) is 37.4 Å². The second-order valence-electron chi connectivity index (χ2n) is 3.12. The normalized spacial score (nSPS) is 9.80. The van der Waals surface area contributed by atoms with Crippen LogP contribution < -0.4 is 0 Å². The minimum absolute atomic E-state index is 0.116. The fraction of sp³-hybridized carbons (Fsp3) is 0.222. The third-order valence-corrected chi connectivity index (χ3v) is 2.46. The summed E-state index contributed by atoms with van der Waals surface area (Å²) < 4.78 is 0.731. The van der Waals surface area contributed by atoms with Crippen LogP contribution in [0.3, 0.4) is 0 Å². The van der Waals surface area contributed by atoms with Crippen molar-refractivity contribution in [2.24, 2.45) is 0 Å². The first-order valence-corrected chi connectivity index (χ1v) is 5.17. The van der Waals surface area contributed by atoms with Crippen LogP contribution >= 0.6 is 22.6 Å². The molecule has 6 heteroatoms. The van der Waals surface area contributed by atoms with Gasteiger partial charge >= 0.3 is 0 Å². The van der Waals surface area contributed by atoms with E-state index in [0.29, 0.717) is 0 Å². The number of hydrogen-bond donors (Lipinski definition) is 0. The van der Waals surface area contributed by atoms with Gasteiger partial charge in [-0.15, -0.1) is 0 Å². The number of nitro benzene ring substituents is 1.